The number of hydrogen-bond donors (Lipinski definition) is 1. The van der Waals surface area contributed by atoms with Gasteiger partial charge in [0.15, 0.2) is 0 Å². The molecule has 116 valence electrons. The van der Waals surface area contributed by atoms with Crippen molar-refractivity contribution >= 4 is 17.6 Å². The number of nitrogens with zero attached hydrogens (tertiary/aromatic N) is 1. The maximum atomic E-state index is 12.4. The minimum Gasteiger partial charge on any atom is -0.481 e. The highest BCUT2D eigenvalue weighted by Gasteiger charge is 2.34. The second-order valence-electron chi connectivity index (χ2n) is 5.21. The molecule has 1 aromatic rings. The molecular weight excluding hydrogens is 304 g/mol. The lowest BCUT2D eigenvalue weighted by Gasteiger charge is -2.41. The molecule has 0 amide bonds. The Morgan fingerprint density at radius 1 is 1.52 bits per heavy atom. The fraction of sp³-hybridized carbons (Fsp3) is 0.500. The van der Waals surface area contributed by atoms with E-state index in [-0.39, 0.29) is 11.7 Å². The van der Waals surface area contributed by atoms with Gasteiger partial charge in [-0.2, -0.15) is 8.78 Å². The van der Waals surface area contributed by atoms with Gasteiger partial charge in [-0.25, -0.2) is 0 Å². The molecule has 7 heteroatoms. The Kier molecular flexibility index (Phi) is 5.00. The van der Waals surface area contributed by atoms with Gasteiger partial charge >= 0.3 is 12.6 Å². The summed E-state index contributed by atoms with van der Waals surface area (Å²) >= 11 is 5.88. The zero-order valence-corrected chi connectivity index (χ0v) is 12.2. The molecule has 2 rings (SSSR count). The van der Waals surface area contributed by atoms with Crippen molar-refractivity contribution < 1.29 is 23.4 Å². The summed E-state index contributed by atoms with van der Waals surface area (Å²) in [7, 11) is 0. The van der Waals surface area contributed by atoms with Crippen molar-refractivity contribution in [2.45, 2.75) is 20.1 Å². The van der Waals surface area contributed by atoms with Gasteiger partial charge in [0, 0.05) is 30.2 Å². The van der Waals surface area contributed by atoms with E-state index in [4.69, 9.17) is 16.7 Å². The van der Waals surface area contributed by atoms with Crippen molar-refractivity contribution in [2.24, 2.45) is 11.8 Å². The van der Waals surface area contributed by atoms with Gasteiger partial charge in [0.1, 0.15) is 5.75 Å². The zero-order chi connectivity index (χ0) is 15.6. The van der Waals surface area contributed by atoms with Crippen LogP contribution in [-0.4, -0.2) is 35.7 Å². The highest BCUT2D eigenvalue weighted by atomic mass is 35.5. The first-order chi connectivity index (χ1) is 9.86. The molecule has 0 bridgehead atoms. The van der Waals surface area contributed by atoms with Gasteiger partial charge in [0.05, 0.1) is 5.92 Å². The molecule has 1 heterocycles. The first kappa shape index (κ1) is 16.0. The SMILES string of the molecule is CC(C(=O)O)C1CN(Cc2cc(Cl)ccc2OC(F)F)C1. The summed E-state index contributed by atoms with van der Waals surface area (Å²) < 4.78 is 29.2. The summed E-state index contributed by atoms with van der Waals surface area (Å²) in [5, 5.41) is 9.38. The van der Waals surface area contributed by atoms with E-state index in [1.807, 2.05) is 4.90 Å². The summed E-state index contributed by atoms with van der Waals surface area (Å²) in [6.45, 7) is 0.434. The van der Waals surface area contributed by atoms with Crippen LogP contribution >= 0.6 is 11.6 Å². The first-order valence-electron chi connectivity index (χ1n) is 6.55. The largest absolute Gasteiger partial charge is 0.481 e. The smallest absolute Gasteiger partial charge is 0.387 e. The molecule has 0 radical (unpaired) electrons. The van der Waals surface area contributed by atoms with Gasteiger partial charge in [-0.3, -0.25) is 9.69 Å². The molecule has 1 N–H and O–H groups in total. The Morgan fingerprint density at radius 3 is 2.76 bits per heavy atom. The zero-order valence-electron chi connectivity index (χ0n) is 11.4. The van der Waals surface area contributed by atoms with Gasteiger partial charge in [0.25, 0.3) is 0 Å². The molecule has 21 heavy (non-hydrogen) atoms. The molecule has 0 spiro atoms. The molecule has 1 atom stereocenters. The number of benzene rings is 1. The number of likely N-dealkylation sites (tertiary alicyclic amines) is 1. The third-order valence-corrected chi connectivity index (χ3v) is 3.95. The quantitative estimate of drug-likeness (QED) is 0.875. The molecule has 1 saturated heterocycles. The van der Waals surface area contributed by atoms with Crippen molar-refractivity contribution in [1.82, 2.24) is 4.90 Å². The van der Waals surface area contributed by atoms with E-state index in [0.29, 0.717) is 30.2 Å². The van der Waals surface area contributed by atoms with E-state index in [2.05, 4.69) is 4.74 Å². The highest BCUT2D eigenvalue weighted by molar-refractivity contribution is 6.30. The Hall–Kier alpha value is -1.40. The number of rotatable bonds is 6. The minimum absolute atomic E-state index is 0.0844. The molecule has 0 aliphatic carbocycles. The van der Waals surface area contributed by atoms with Crippen molar-refractivity contribution in [2.75, 3.05) is 13.1 Å². The standard InChI is InChI=1S/C14H16ClF2NO3/c1-8(13(19)20)10-6-18(7-10)5-9-4-11(15)2-3-12(9)21-14(16)17/h2-4,8,10,14H,5-7H2,1H3,(H,19,20). The Bertz CT molecular complexity index is 521. The van der Waals surface area contributed by atoms with Crippen LogP contribution in [-0.2, 0) is 11.3 Å². The van der Waals surface area contributed by atoms with E-state index < -0.39 is 18.5 Å². The molecule has 1 aliphatic rings. The lowest BCUT2D eigenvalue weighted by molar-refractivity contribution is -0.145. The number of hydrogen-bond acceptors (Lipinski definition) is 3. The molecule has 1 fully saturated rings. The highest BCUT2D eigenvalue weighted by Crippen LogP contribution is 2.30. The topological polar surface area (TPSA) is 49.8 Å². The lowest BCUT2D eigenvalue weighted by Crippen LogP contribution is -2.50. The monoisotopic (exact) mass is 319 g/mol. The fourth-order valence-corrected chi connectivity index (χ4v) is 2.57. The number of aliphatic carboxylic acids is 1. The summed E-state index contributed by atoms with van der Waals surface area (Å²) in [5.41, 5.74) is 0.573. The lowest BCUT2D eigenvalue weighted by atomic mass is 9.87. The van der Waals surface area contributed by atoms with Gasteiger partial charge in [0.2, 0.25) is 0 Å². The number of halogens is 3. The van der Waals surface area contributed by atoms with Crippen LogP contribution in [0.4, 0.5) is 8.78 Å². The average molecular weight is 320 g/mol. The maximum Gasteiger partial charge on any atom is 0.387 e. The second kappa shape index (κ2) is 6.58. The van der Waals surface area contributed by atoms with Crippen LogP contribution in [0.1, 0.15) is 12.5 Å². The van der Waals surface area contributed by atoms with Gasteiger partial charge < -0.3 is 9.84 Å². The van der Waals surface area contributed by atoms with Crippen LogP contribution in [0, 0.1) is 11.8 Å². The Morgan fingerprint density at radius 2 is 2.19 bits per heavy atom. The number of ether oxygens (including phenoxy) is 1. The van der Waals surface area contributed by atoms with Crippen molar-refractivity contribution in [3.05, 3.63) is 28.8 Å². The van der Waals surface area contributed by atoms with E-state index in [1.165, 1.54) is 12.1 Å². The molecule has 1 unspecified atom stereocenters. The summed E-state index contributed by atoms with van der Waals surface area (Å²) in [6, 6.07) is 4.50. The number of alkyl halides is 2. The summed E-state index contributed by atoms with van der Waals surface area (Å²) in [6.07, 6.45) is 0. The molecule has 4 nitrogen and oxygen atoms in total. The van der Waals surface area contributed by atoms with Gasteiger partial charge in [-0.05, 0) is 24.1 Å². The van der Waals surface area contributed by atoms with E-state index in [0.717, 1.165) is 0 Å². The maximum absolute atomic E-state index is 12.4. The van der Waals surface area contributed by atoms with Crippen LogP contribution in [0.15, 0.2) is 18.2 Å². The van der Waals surface area contributed by atoms with Crippen LogP contribution in [0.5, 0.6) is 5.75 Å². The molecule has 1 aromatic carbocycles. The normalized spacial score (nSPS) is 17.6. The second-order valence-corrected chi connectivity index (χ2v) is 5.65. The Balaban J connectivity index is 1.98. The molecular formula is C14H16ClF2NO3. The number of carboxylic acids is 1. The van der Waals surface area contributed by atoms with Crippen molar-refractivity contribution in [3.8, 4) is 5.75 Å². The van der Waals surface area contributed by atoms with Gasteiger partial charge in [-0.15, -0.1) is 0 Å². The number of carbonyl (C=O) groups is 1. The first-order valence-corrected chi connectivity index (χ1v) is 6.93. The third kappa shape index (κ3) is 4.04. The fourth-order valence-electron chi connectivity index (χ4n) is 2.38. The Labute approximate surface area is 126 Å². The summed E-state index contributed by atoms with van der Waals surface area (Å²) in [5.74, 6) is -1.04. The van der Waals surface area contributed by atoms with E-state index >= 15 is 0 Å². The van der Waals surface area contributed by atoms with Crippen molar-refractivity contribution in [3.63, 3.8) is 0 Å². The molecule has 0 aromatic heterocycles. The predicted molar refractivity (Wildman–Crippen MR) is 73.7 cm³/mol. The van der Waals surface area contributed by atoms with E-state index in [1.54, 1.807) is 13.0 Å². The van der Waals surface area contributed by atoms with Gasteiger partial charge in [-0.1, -0.05) is 18.5 Å². The van der Waals surface area contributed by atoms with Crippen LogP contribution in [0.3, 0.4) is 0 Å². The average Bonchev–Trinajstić information content (AvgIpc) is 2.34. The third-order valence-electron chi connectivity index (χ3n) is 3.71. The van der Waals surface area contributed by atoms with Crippen LogP contribution < -0.4 is 4.74 Å². The van der Waals surface area contributed by atoms with Crippen LogP contribution in [0.2, 0.25) is 5.02 Å². The minimum atomic E-state index is -2.89. The molecule has 0 saturated carbocycles. The van der Waals surface area contributed by atoms with Crippen molar-refractivity contribution in [1.29, 1.82) is 0 Å². The number of carboxylic acid groups (broad SMARTS) is 1. The van der Waals surface area contributed by atoms with E-state index in [9.17, 15) is 13.6 Å². The summed E-state index contributed by atoms with van der Waals surface area (Å²) in [4.78, 5) is 12.9. The predicted octanol–water partition coefficient (Wildman–Crippen LogP) is 3.09. The van der Waals surface area contributed by atoms with Crippen LogP contribution in [0.25, 0.3) is 0 Å². The molecule has 1 aliphatic heterocycles.